The van der Waals surface area contributed by atoms with Gasteiger partial charge in [0.25, 0.3) is 0 Å². The monoisotopic (exact) mass is 402 g/mol. The summed E-state index contributed by atoms with van der Waals surface area (Å²) >= 11 is 1.90. The molecule has 0 amide bonds. The van der Waals surface area contributed by atoms with Crippen LogP contribution in [-0.2, 0) is 14.3 Å². The molecular weight excluding hydrogens is 376 g/mol. The molecule has 0 heterocycles. The van der Waals surface area contributed by atoms with Crippen LogP contribution in [-0.4, -0.2) is 18.8 Å². The molecule has 0 spiro atoms. The Bertz CT molecular complexity index is 824. The maximum atomic E-state index is 11.6. The van der Waals surface area contributed by atoms with Gasteiger partial charge in [-0.25, -0.2) is 4.79 Å². The van der Waals surface area contributed by atoms with E-state index in [2.05, 4.69) is 97.6 Å². The number of methoxy groups -OCH3 is 1. The zero-order chi connectivity index (χ0) is 20.5. The Morgan fingerprint density at radius 2 is 1.24 bits per heavy atom. The number of thioether (sulfide) groups is 1. The fourth-order valence-corrected chi connectivity index (χ4v) is 5.03. The standard InChI is InChI=1S/C26H26O2S/c1-21(25(27)28-2)13-12-20-29-26(22-14-6-3-7-15-22,23-16-8-4-9-17-23)24-18-10-5-11-19-24/h3-11,14-19H,1,12-13,20H2,2H3. The molecular formula is C26H26O2S. The van der Waals surface area contributed by atoms with Gasteiger partial charge >= 0.3 is 5.97 Å². The summed E-state index contributed by atoms with van der Waals surface area (Å²) in [6, 6.07) is 31.9. The molecule has 0 aromatic heterocycles. The van der Waals surface area contributed by atoms with Crippen molar-refractivity contribution in [1.82, 2.24) is 0 Å². The second-order valence-electron chi connectivity index (χ2n) is 6.83. The van der Waals surface area contributed by atoms with Gasteiger partial charge < -0.3 is 4.74 Å². The lowest BCUT2D eigenvalue weighted by atomic mass is 9.84. The van der Waals surface area contributed by atoms with Crippen molar-refractivity contribution in [3.8, 4) is 0 Å². The zero-order valence-electron chi connectivity index (χ0n) is 16.7. The van der Waals surface area contributed by atoms with Crippen molar-refractivity contribution < 1.29 is 9.53 Å². The molecule has 0 aliphatic carbocycles. The minimum Gasteiger partial charge on any atom is -0.466 e. The van der Waals surface area contributed by atoms with E-state index in [1.165, 1.54) is 23.8 Å². The van der Waals surface area contributed by atoms with E-state index in [-0.39, 0.29) is 10.7 Å². The molecule has 0 fully saturated rings. The van der Waals surface area contributed by atoms with Crippen molar-refractivity contribution in [3.05, 3.63) is 120 Å². The van der Waals surface area contributed by atoms with Gasteiger partial charge in [-0.2, -0.15) is 0 Å². The Hall–Kier alpha value is -2.78. The third-order valence-corrected chi connectivity index (χ3v) is 6.59. The number of ether oxygens (including phenoxy) is 1. The number of benzene rings is 3. The molecule has 0 saturated carbocycles. The Morgan fingerprint density at radius 3 is 1.62 bits per heavy atom. The molecule has 2 nitrogen and oxygen atoms in total. The fraction of sp³-hybridized carbons (Fsp3) is 0.192. The maximum absolute atomic E-state index is 11.6. The second kappa shape index (κ2) is 10.1. The van der Waals surface area contributed by atoms with E-state index in [9.17, 15) is 4.79 Å². The molecule has 0 saturated heterocycles. The Balaban J connectivity index is 1.97. The van der Waals surface area contributed by atoms with E-state index in [0.29, 0.717) is 12.0 Å². The lowest BCUT2D eigenvalue weighted by molar-refractivity contribution is -0.136. The van der Waals surface area contributed by atoms with Gasteiger partial charge in [0.1, 0.15) is 0 Å². The van der Waals surface area contributed by atoms with Crippen LogP contribution in [0.25, 0.3) is 0 Å². The Labute approximate surface area is 177 Å². The van der Waals surface area contributed by atoms with Crippen molar-refractivity contribution >= 4 is 17.7 Å². The first-order chi connectivity index (χ1) is 14.2. The maximum Gasteiger partial charge on any atom is 0.333 e. The zero-order valence-corrected chi connectivity index (χ0v) is 17.5. The SMILES string of the molecule is C=C(CCCSC(c1ccccc1)(c1ccccc1)c1ccccc1)C(=O)OC. The molecule has 148 valence electrons. The van der Waals surface area contributed by atoms with Gasteiger partial charge in [-0.05, 0) is 35.3 Å². The number of carbonyl (C=O) groups is 1. The van der Waals surface area contributed by atoms with E-state index in [4.69, 9.17) is 4.74 Å². The average molecular weight is 403 g/mol. The summed E-state index contributed by atoms with van der Waals surface area (Å²) < 4.78 is 4.45. The van der Waals surface area contributed by atoms with Gasteiger partial charge in [-0.1, -0.05) is 97.6 Å². The largest absolute Gasteiger partial charge is 0.466 e. The number of carbonyl (C=O) groups excluding carboxylic acids is 1. The van der Waals surface area contributed by atoms with Gasteiger partial charge in [0.15, 0.2) is 0 Å². The molecule has 0 N–H and O–H groups in total. The molecule has 0 unspecified atom stereocenters. The van der Waals surface area contributed by atoms with E-state index >= 15 is 0 Å². The van der Waals surface area contributed by atoms with E-state index < -0.39 is 0 Å². The normalized spacial score (nSPS) is 11.1. The van der Waals surface area contributed by atoms with Crippen LogP contribution >= 0.6 is 11.8 Å². The molecule has 0 aliphatic rings. The third kappa shape index (κ3) is 4.80. The minimum atomic E-state index is -0.324. The summed E-state index contributed by atoms with van der Waals surface area (Å²) in [6.45, 7) is 3.85. The molecule has 3 rings (SSSR count). The smallest absolute Gasteiger partial charge is 0.333 e. The van der Waals surface area contributed by atoms with Crippen molar-refractivity contribution in [2.75, 3.05) is 12.9 Å². The van der Waals surface area contributed by atoms with Gasteiger partial charge in [0, 0.05) is 5.57 Å². The van der Waals surface area contributed by atoms with Crippen molar-refractivity contribution in [1.29, 1.82) is 0 Å². The summed E-state index contributed by atoms with van der Waals surface area (Å²) in [5.41, 5.74) is 4.26. The third-order valence-electron chi connectivity index (χ3n) is 4.96. The molecule has 3 aromatic carbocycles. The topological polar surface area (TPSA) is 26.3 Å². The number of rotatable bonds is 9. The molecule has 29 heavy (non-hydrogen) atoms. The first kappa shape index (κ1) is 20.9. The molecule has 0 aliphatic heterocycles. The van der Waals surface area contributed by atoms with Gasteiger partial charge in [-0.15, -0.1) is 11.8 Å². The van der Waals surface area contributed by atoms with Gasteiger partial charge in [-0.3, -0.25) is 0 Å². The molecule has 0 radical (unpaired) electrons. The predicted octanol–water partition coefficient (Wildman–Crippen LogP) is 6.22. The van der Waals surface area contributed by atoms with Crippen molar-refractivity contribution in [3.63, 3.8) is 0 Å². The van der Waals surface area contributed by atoms with E-state index in [0.717, 1.165) is 12.2 Å². The second-order valence-corrected chi connectivity index (χ2v) is 8.14. The van der Waals surface area contributed by atoms with Crippen LogP contribution in [0.5, 0.6) is 0 Å². The van der Waals surface area contributed by atoms with Crippen LogP contribution in [0.2, 0.25) is 0 Å². The van der Waals surface area contributed by atoms with Crippen LogP contribution in [0.4, 0.5) is 0 Å². The van der Waals surface area contributed by atoms with Crippen LogP contribution in [0, 0.1) is 0 Å². The number of hydrogen-bond acceptors (Lipinski definition) is 3. The predicted molar refractivity (Wildman–Crippen MR) is 122 cm³/mol. The summed E-state index contributed by atoms with van der Waals surface area (Å²) in [5, 5.41) is 0. The first-order valence-electron chi connectivity index (χ1n) is 9.75. The highest BCUT2D eigenvalue weighted by atomic mass is 32.2. The van der Waals surface area contributed by atoms with Crippen LogP contribution < -0.4 is 0 Å². The summed E-state index contributed by atoms with van der Waals surface area (Å²) in [6.07, 6.45) is 1.49. The van der Waals surface area contributed by atoms with Gasteiger partial charge in [0.2, 0.25) is 0 Å². The lowest BCUT2D eigenvalue weighted by Crippen LogP contribution is -2.26. The molecule has 3 heteroatoms. The number of hydrogen-bond donors (Lipinski definition) is 0. The van der Waals surface area contributed by atoms with E-state index in [1.54, 1.807) is 0 Å². The molecule has 0 bridgehead atoms. The van der Waals surface area contributed by atoms with Crippen LogP contribution in [0.15, 0.2) is 103 Å². The minimum absolute atomic E-state index is 0.323. The van der Waals surface area contributed by atoms with Crippen LogP contribution in [0.1, 0.15) is 29.5 Å². The summed E-state index contributed by atoms with van der Waals surface area (Å²) in [4.78, 5) is 11.6. The van der Waals surface area contributed by atoms with Gasteiger partial charge in [0.05, 0.1) is 11.9 Å². The lowest BCUT2D eigenvalue weighted by Gasteiger charge is -2.35. The molecule has 3 aromatic rings. The highest BCUT2D eigenvalue weighted by molar-refractivity contribution is 8.00. The highest BCUT2D eigenvalue weighted by Gasteiger charge is 2.36. The number of esters is 1. The Kier molecular flexibility index (Phi) is 7.31. The van der Waals surface area contributed by atoms with Crippen LogP contribution in [0.3, 0.4) is 0 Å². The first-order valence-corrected chi connectivity index (χ1v) is 10.7. The quantitative estimate of drug-likeness (QED) is 0.184. The van der Waals surface area contributed by atoms with Crippen molar-refractivity contribution in [2.24, 2.45) is 0 Å². The summed E-state index contributed by atoms with van der Waals surface area (Å²) in [7, 11) is 1.40. The fourth-order valence-electron chi connectivity index (χ4n) is 3.53. The van der Waals surface area contributed by atoms with E-state index in [1.807, 2.05) is 11.8 Å². The average Bonchev–Trinajstić information content (AvgIpc) is 2.80. The molecule has 0 atom stereocenters. The highest BCUT2D eigenvalue weighted by Crippen LogP contribution is 2.48. The Morgan fingerprint density at radius 1 is 0.828 bits per heavy atom. The van der Waals surface area contributed by atoms with Crippen molar-refractivity contribution in [2.45, 2.75) is 17.6 Å². The summed E-state index contributed by atoms with van der Waals surface area (Å²) in [5.74, 6) is 0.560.